The first-order valence-electron chi connectivity index (χ1n) is 4.19. The first-order chi connectivity index (χ1) is 7.06. The zero-order valence-electron chi connectivity index (χ0n) is 8.00. The summed E-state index contributed by atoms with van der Waals surface area (Å²) in [5, 5.41) is 10.5. The van der Waals surface area contributed by atoms with E-state index >= 15 is 0 Å². The molecule has 15 heavy (non-hydrogen) atoms. The number of nitro benzene ring substituents is 1. The molecule has 0 saturated heterocycles. The van der Waals surface area contributed by atoms with E-state index in [1.165, 1.54) is 13.0 Å². The quantitative estimate of drug-likeness (QED) is 0.456. The third-order valence-electron chi connectivity index (χ3n) is 1.78. The maximum atomic E-state index is 13.2. The van der Waals surface area contributed by atoms with Crippen LogP contribution in [0.25, 0.3) is 0 Å². The lowest BCUT2D eigenvalue weighted by molar-refractivity contribution is -0.385. The fraction of sp³-hybridized carbons (Fsp3) is 0.333. The number of benzene rings is 1. The van der Waals surface area contributed by atoms with Gasteiger partial charge in [-0.3, -0.25) is 10.1 Å². The third kappa shape index (κ3) is 2.79. The molecule has 0 amide bonds. The molecular formula is C9H9ClFNO3. The van der Waals surface area contributed by atoms with Crippen LogP contribution >= 0.6 is 11.6 Å². The van der Waals surface area contributed by atoms with E-state index in [1.54, 1.807) is 0 Å². The fourth-order valence-corrected chi connectivity index (χ4v) is 1.18. The van der Waals surface area contributed by atoms with Crippen molar-refractivity contribution in [2.45, 2.75) is 6.92 Å². The average Bonchev–Trinajstić information content (AvgIpc) is 2.18. The van der Waals surface area contributed by atoms with Gasteiger partial charge in [-0.1, -0.05) is 0 Å². The van der Waals surface area contributed by atoms with Crippen molar-refractivity contribution in [1.29, 1.82) is 0 Å². The van der Waals surface area contributed by atoms with Crippen LogP contribution in [-0.4, -0.2) is 17.4 Å². The van der Waals surface area contributed by atoms with Gasteiger partial charge in [0.25, 0.3) is 5.69 Å². The van der Waals surface area contributed by atoms with Gasteiger partial charge in [0, 0.05) is 5.56 Å². The molecule has 0 radical (unpaired) electrons. The minimum atomic E-state index is -0.752. The summed E-state index contributed by atoms with van der Waals surface area (Å²) in [6, 6.07) is 2.14. The Kier molecular flexibility index (Phi) is 3.85. The van der Waals surface area contributed by atoms with Gasteiger partial charge in [-0.05, 0) is 13.0 Å². The van der Waals surface area contributed by atoms with Crippen LogP contribution in [0.2, 0.25) is 0 Å². The Morgan fingerprint density at radius 2 is 2.27 bits per heavy atom. The van der Waals surface area contributed by atoms with Gasteiger partial charge in [0.05, 0.1) is 16.9 Å². The zero-order chi connectivity index (χ0) is 11.4. The largest absolute Gasteiger partial charge is 0.489 e. The second kappa shape index (κ2) is 4.93. The SMILES string of the molecule is Cc1cc(OCCCl)c(F)cc1[N+](=O)[O-]. The number of alkyl halides is 1. The summed E-state index contributed by atoms with van der Waals surface area (Å²) < 4.78 is 18.2. The summed E-state index contributed by atoms with van der Waals surface area (Å²) >= 11 is 5.37. The molecule has 1 aromatic carbocycles. The first-order valence-corrected chi connectivity index (χ1v) is 4.73. The number of hydrogen-bond acceptors (Lipinski definition) is 3. The summed E-state index contributed by atoms with van der Waals surface area (Å²) in [4.78, 5) is 9.84. The summed E-state index contributed by atoms with van der Waals surface area (Å²) in [6.45, 7) is 1.68. The fourth-order valence-electron chi connectivity index (χ4n) is 1.10. The monoisotopic (exact) mass is 233 g/mol. The van der Waals surface area contributed by atoms with E-state index in [0.29, 0.717) is 5.56 Å². The van der Waals surface area contributed by atoms with E-state index < -0.39 is 10.7 Å². The highest BCUT2D eigenvalue weighted by Gasteiger charge is 2.15. The number of halogens is 2. The Bertz CT molecular complexity index is 384. The molecule has 0 spiro atoms. The number of ether oxygens (including phenoxy) is 1. The number of nitrogens with zero attached hydrogens (tertiary/aromatic N) is 1. The Hall–Kier alpha value is -1.36. The van der Waals surface area contributed by atoms with Crippen molar-refractivity contribution in [3.05, 3.63) is 33.6 Å². The van der Waals surface area contributed by atoms with Crippen LogP contribution < -0.4 is 4.74 Å². The second-order valence-corrected chi connectivity index (χ2v) is 3.24. The van der Waals surface area contributed by atoms with Gasteiger partial charge in [0.15, 0.2) is 11.6 Å². The Morgan fingerprint density at radius 3 is 2.80 bits per heavy atom. The lowest BCUT2D eigenvalue weighted by Gasteiger charge is -2.06. The number of nitro groups is 1. The maximum Gasteiger partial charge on any atom is 0.275 e. The topological polar surface area (TPSA) is 52.4 Å². The van der Waals surface area contributed by atoms with E-state index in [4.69, 9.17) is 16.3 Å². The maximum absolute atomic E-state index is 13.2. The molecule has 0 aliphatic rings. The molecule has 82 valence electrons. The molecule has 6 heteroatoms. The first kappa shape index (κ1) is 11.7. The Labute approximate surface area is 90.8 Å². The van der Waals surface area contributed by atoms with Gasteiger partial charge >= 0.3 is 0 Å². The third-order valence-corrected chi connectivity index (χ3v) is 1.94. The highest BCUT2D eigenvalue weighted by atomic mass is 35.5. The summed E-state index contributed by atoms with van der Waals surface area (Å²) in [6.07, 6.45) is 0. The van der Waals surface area contributed by atoms with Crippen LogP contribution in [0.15, 0.2) is 12.1 Å². The van der Waals surface area contributed by atoms with E-state index in [1.807, 2.05) is 0 Å². The summed E-state index contributed by atoms with van der Waals surface area (Å²) in [5.41, 5.74) is 0.0942. The Balaban J connectivity index is 3.02. The van der Waals surface area contributed by atoms with Crippen molar-refractivity contribution in [2.75, 3.05) is 12.5 Å². The lowest BCUT2D eigenvalue weighted by atomic mass is 10.2. The summed E-state index contributed by atoms with van der Waals surface area (Å²) in [7, 11) is 0. The van der Waals surface area contributed by atoms with Gasteiger partial charge in [0.2, 0.25) is 0 Å². The van der Waals surface area contributed by atoms with E-state index in [0.717, 1.165) is 6.07 Å². The molecule has 0 bridgehead atoms. The molecule has 0 aromatic heterocycles. The van der Waals surface area contributed by atoms with Crippen LogP contribution in [0.5, 0.6) is 5.75 Å². The lowest BCUT2D eigenvalue weighted by Crippen LogP contribution is -2.02. The van der Waals surface area contributed by atoms with Gasteiger partial charge in [-0.15, -0.1) is 11.6 Å². The molecule has 0 aliphatic heterocycles. The predicted octanol–water partition coefficient (Wildman–Crippen LogP) is 2.66. The summed E-state index contributed by atoms with van der Waals surface area (Å²) in [5.74, 6) is -0.536. The normalized spacial score (nSPS) is 10.1. The van der Waals surface area contributed by atoms with E-state index in [9.17, 15) is 14.5 Å². The van der Waals surface area contributed by atoms with Crippen molar-refractivity contribution in [3.8, 4) is 5.75 Å². The standard InChI is InChI=1S/C9H9ClFNO3/c1-6-4-9(15-3-2-10)7(11)5-8(6)12(13)14/h4-5H,2-3H2,1H3. The molecule has 0 heterocycles. The minimum absolute atomic E-state index is 0.0150. The Morgan fingerprint density at radius 1 is 1.60 bits per heavy atom. The van der Waals surface area contributed by atoms with Crippen molar-refractivity contribution in [1.82, 2.24) is 0 Å². The van der Waals surface area contributed by atoms with Crippen molar-refractivity contribution < 1.29 is 14.1 Å². The van der Waals surface area contributed by atoms with Crippen LogP contribution in [0.4, 0.5) is 10.1 Å². The smallest absolute Gasteiger partial charge is 0.275 e. The van der Waals surface area contributed by atoms with Gasteiger partial charge in [0.1, 0.15) is 6.61 Å². The van der Waals surface area contributed by atoms with Crippen LogP contribution in [0.3, 0.4) is 0 Å². The second-order valence-electron chi connectivity index (χ2n) is 2.86. The molecule has 0 aliphatic carbocycles. The highest BCUT2D eigenvalue weighted by molar-refractivity contribution is 6.18. The highest BCUT2D eigenvalue weighted by Crippen LogP contribution is 2.26. The van der Waals surface area contributed by atoms with Crippen molar-refractivity contribution in [3.63, 3.8) is 0 Å². The van der Waals surface area contributed by atoms with Crippen LogP contribution in [0, 0.1) is 22.9 Å². The molecule has 0 N–H and O–H groups in total. The van der Waals surface area contributed by atoms with E-state index in [-0.39, 0.29) is 23.9 Å². The molecule has 0 atom stereocenters. The number of hydrogen-bond donors (Lipinski definition) is 0. The number of aryl methyl sites for hydroxylation is 1. The molecular weight excluding hydrogens is 225 g/mol. The molecule has 1 aromatic rings. The molecule has 0 saturated carbocycles. The number of rotatable bonds is 4. The minimum Gasteiger partial charge on any atom is -0.489 e. The molecule has 4 nitrogen and oxygen atoms in total. The predicted molar refractivity (Wildman–Crippen MR) is 54.0 cm³/mol. The molecule has 0 fully saturated rings. The van der Waals surface area contributed by atoms with Crippen molar-refractivity contribution >= 4 is 17.3 Å². The average molecular weight is 234 g/mol. The molecule has 1 rings (SSSR count). The van der Waals surface area contributed by atoms with Crippen LogP contribution in [0.1, 0.15) is 5.56 Å². The van der Waals surface area contributed by atoms with E-state index in [2.05, 4.69) is 0 Å². The van der Waals surface area contributed by atoms with Gasteiger partial charge in [-0.25, -0.2) is 4.39 Å². The van der Waals surface area contributed by atoms with Gasteiger partial charge in [-0.2, -0.15) is 0 Å². The molecule has 0 unspecified atom stereocenters. The van der Waals surface area contributed by atoms with Crippen LogP contribution in [-0.2, 0) is 0 Å². The zero-order valence-corrected chi connectivity index (χ0v) is 8.75. The van der Waals surface area contributed by atoms with Gasteiger partial charge < -0.3 is 4.74 Å². The van der Waals surface area contributed by atoms with Crippen molar-refractivity contribution in [2.24, 2.45) is 0 Å².